The molecule has 25 heavy (non-hydrogen) atoms. The van der Waals surface area contributed by atoms with Crippen molar-refractivity contribution in [3.05, 3.63) is 35.7 Å². The minimum Gasteiger partial charge on any atom is -0.334 e. The zero-order valence-electron chi connectivity index (χ0n) is 13.5. The van der Waals surface area contributed by atoms with Gasteiger partial charge in [-0.25, -0.2) is 8.42 Å². The van der Waals surface area contributed by atoms with Crippen LogP contribution in [-0.2, 0) is 15.6 Å². The number of halogens is 2. The fourth-order valence-electron chi connectivity index (χ4n) is 2.62. The van der Waals surface area contributed by atoms with E-state index in [0.717, 1.165) is 19.6 Å². The molecule has 1 N–H and O–H groups in total. The van der Waals surface area contributed by atoms with Crippen molar-refractivity contribution in [2.75, 3.05) is 26.7 Å². The van der Waals surface area contributed by atoms with Gasteiger partial charge in [-0.1, -0.05) is 17.3 Å². The summed E-state index contributed by atoms with van der Waals surface area (Å²) in [5.41, 5.74) is 0.878. The van der Waals surface area contributed by atoms with Crippen LogP contribution in [0.2, 0.25) is 0 Å². The van der Waals surface area contributed by atoms with Crippen molar-refractivity contribution >= 4 is 9.84 Å². The molecule has 1 saturated heterocycles. The second kappa shape index (κ2) is 7.14. The number of nitrogens with one attached hydrogen (secondary N) is 1. The van der Waals surface area contributed by atoms with Gasteiger partial charge in [-0.3, -0.25) is 4.90 Å². The van der Waals surface area contributed by atoms with Crippen LogP contribution in [-0.4, -0.2) is 55.9 Å². The van der Waals surface area contributed by atoms with E-state index in [1.54, 1.807) is 12.1 Å². The van der Waals surface area contributed by atoms with Crippen molar-refractivity contribution in [2.45, 2.75) is 17.6 Å². The Bertz CT molecular complexity index is 824. The Kier molecular flexibility index (Phi) is 5.11. The van der Waals surface area contributed by atoms with Crippen LogP contribution >= 0.6 is 0 Å². The molecule has 1 aliphatic rings. The third-order valence-electron chi connectivity index (χ3n) is 4.09. The van der Waals surface area contributed by atoms with Crippen molar-refractivity contribution in [1.82, 2.24) is 20.4 Å². The SMILES string of the molecule is CN1CCNCC1c1noc(-c2ccc(CS(=O)(=O)C(F)F)cc2)n1. The lowest BCUT2D eigenvalue weighted by Crippen LogP contribution is -2.44. The Balaban J connectivity index is 1.75. The second-order valence-electron chi connectivity index (χ2n) is 5.92. The van der Waals surface area contributed by atoms with Gasteiger partial charge < -0.3 is 9.84 Å². The van der Waals surface area contributed by atoms with E-state index >= 15 is 0 Å². The van der Waals surface area contributed by atoms with Gasteiger partial charge >= 0.3 is 5.76 Å². The Morgan fingerprint density at radius 3 is 2.72 bits per heavy atom. The molecule has 1 aromatic heterocycles. The van der Waals surface area contributed by atoms with Crippen LogP contribution in [0.3, 0.4) is 0 Å². The molecule has 2 aromatic rings. The largest absolute Gasteiger partial charge is 0.337 e. The lowest BCUT2D eigenvalue weighted by molar-refractivity contribution is 0.190. The summed E-state index contributed by atoms with van der Waals surface area (Å²) in [6.07, 6.45) is 0. The number of benzene rings is 1. The molecule has 7 nitrogen and oxygen atoms in total. The third kappa shape index (κ3) is 4.02. The highest BCUT2D eigenvalue weighted by atomic mass is 32.2. The van der Waals surface area contributed by atoms with Gasteiger partial charge in [0.1, 0.15) is 0 Å². The standard InChI is InChI=1S/C15H18F2N4O3S/c1-21-7-6-18-8-12(21)13-19-14(24-20-13)11-4-2-10(3-5-11)9-25(22,23)15(16)17/h2-5,12,15,18H,6-9H2,1H3. The Labute approximate surface area is 143 Å². The molecule has 1 unspecified atom stereocenters. The van der Waals surface area contributed by atoms with Crippen LogP contribution in [0.25, 0.3) is 11.5 Å². The van der Waals surface area contributed by atoms with E-state index in [1.165, 1.54) is 12.1 Å². The normalized spacial score (nSPS) is 19.4. The summed E-state index contributed by atoms with van der Waals surface area (Å²) >= 11 is 0. The highest BCUT2D eigenvalue weighted by molar-refractivity contribution is 7.90. The minimum atomic E-state index is -4.44. The Morgan fingerprint density at radius 1 is 1.36 bits per heavy atom. The lowest BCUT2D eigenvalue weighted by atomic mass is 10.1. The predicted octanol–water partition coefficient (Wildman–Crippen LogP) is 1.45. The lowest BCUT2D eigenvalue weighted by Gasteiger charge is -2.30. The molecule has 1 fully saturated rings. The molecule has 10 heteroatoms. The number of nitrogens with zero attached hydrogens (tertiary/aromatic N) is 3. The topological polar surface area (TPSA) is 88.3 Å². The third-order valence-corrected chi connectivity index (χ3v) is 5.37. The van der Waals surface area contributed by atoms with Crippen LogP contribution in [0, 0.1) is 0 Å². The van der Waals surface area contributed by atoms with E-state index in [4.69, 9.17) is 4.52 Å². The molecule has 0 spiro atoms. The van der Waals surface area contributed by atoms with Gasteiger partial charge in [0.25, 0.3) is 5.89 Å². The average Bonchev–Trinajstić information content (AvgIpc) is 3.05. The van der Waals surface area contributed by atoms with Crippen molar-refractivity contribution in [3.8, 4) is 11.5 Å². The van der Waals surface area contributed by atoms with Crippen molar-refractivity contribution in [1.29, 1.82) is 0 Å². The first-order valence-electron chi connectivity index (χ1n) is 7.70. The van der Waals surface area contributed by atoms with Gasteiger partial charge in [0.15, 0.2) is 5.82 Å². The van der Waals surface area contributed by atoms with Crippen molar-refractivity contribution < 1.29 is 21.7 Å². The summed E-state index contributed by atoms with van der Waals surface area (Å²) in [4.78, 5) is 6.52. The number of alkyl halides is 2. The van der Waals surface area contributed by atoms with Gasteiger partial charge in [0.2, 0.25) is 9.84 Å². The zero-order valence-corrected chi connectivity index (χ0v) is 14.3. The monoisotopic (exact) mass is 372 g/mol. The van der Waals surface area contributed by atoms with E-state index in [1.807, 2.05) is 7.05 Å². The van der Waals surface area contributed by atoms with Gasteiger partial charge in [-0.2, -0.15) is 13.8 Å². The quantitative estimate of drug-likeness (QED) is 0.850. The molecule has 0 amide bonds. The summed E-state index contributed by atoms with van der Waals surface area (Å²) in [7, 11) is -2.46. The van der Waals surface area contributed by atoms with Crippen LogP contribution < -0.4 is 5.32 Å². The van der Waals surface area contributed by atoms with E-state index in [-0.39, 0.29) is 11.6 Å². The van der Waals surface area contributed by atoms with Gasteiger partial charge in [0.05, 0.1) is 11.8 Å². The number of aromatic nitrogens is 2. The fourth-order valence-corrected chi connectivity index (χ4v) is 3.40. The molecule has 3 rings (SSSR count). The maximum Gasteiger partial charge on any atom is 0.337 e. The van der Waals surface area contributed by atoms with E-state index in [2.05, 4.69) is 20.4 Å². The summed E-state index contributed by atoms with van der Waals surface area (Å²) in [6, 6.07) is 6.11. The number of hydrogen-bond donors (Lipinski definition) is 1. The molecule has 2 heterocycles. The van der Waals surface area contributed by atoms with Gasteiger partial charge in [-0.05, 0) is 24.7 Å². The smallest absolute Gasteiger partial charge is 0.334 e. The highest BCUT2D eigenvalue weighted by Crippen LogP contribution is 2.23. The summed E-state index contributed by atoms with van der Waals surface area (Å²) in [6.45, 7) is 2.50. The molecule has 136 valence electrons. The summed E-state index contributed by atoms with van der Waals surface area (Å²) in [5, 5.41) is 7.28. The molecule has 1 aliphatic heterocycles. The highest BCUT2D eigenvalue weighted by Gasteiger charge is 2.26. The number of piperazine rings is 1. The first-order chi connectivity index (χ1) is 11.9. The van der Waals surface area contributed by atoms with Crippen LogP contribution in [0.5, 0.6) is 0 Å². The van der Waals surface area contributed by atoms with Crippen molar-refractivity contribution in [2.24, 2.45) is 0 Å². The molecular weight excluding hydrogens is 354 g/mol. The number of hydrogen-bond acceptors (Lipinski definition) is 7. The maximum absolute atomic E-state index is 12.4. The fraction of sp³-hybridized carbons (Fsp3) is 0.467. The van der Waals surface area contributed by atoms with E-state index in [0.29, 0.717) is 17.3 Å². The predicted molar refractivity (Wildman–Crippen MR) is 86.6 cm³/mol. The summed E-state index contributed by atoms with van der Waals surface area (Å²) < 4.78 is 52.6. The van der Waals surface area contributed by atoms with Gasteiger partial charge in [0, 0.05) is 25.2 Å². The van der Waals surface area contributed by atoms with Crippen molar-refractivity contribution in [3.63, 3.8) is 0 Å². The Hall–Kier alpha value is -1.91. The first-order valence-corrected chi connectivity index (χ1v) is 9.42. The first kappa shape index (κ1) is 17.9. The minimum absolute atomic E-state index is 0.0155. The summed E-state index contributed by atoms with van der Waals surface area (Å²) in [5.74, 6) is -3.23. The molecule has 0 bridgehead atoms. The van der Waals surface area contributed by atoms with E-state index < -0.39 is 21.3 Å². The van der Waals surface area contributed by atoms with E-state index in [9.17, 15) is 17.2 Å². The van der Waals surface area contributed by atoms with Crippen LogP contribution in [0.15, 0.2) is 28.8 Å². The number of likely N-dealkylation sites (N-methyl/N-ethyl adjacent to an activating group) is 1. The second-order valence-corrected chi connectivity index (χ2v) is 7.89. The van der Waals surface area contributed by atoms with Gasteiger partial charge in [-0.15, -0.1) is 0 Å². The molecule has 1 atom stereocenters. The molecule has 0 radical (unpaired) electrons. The molecule has 0 saturated carbocycles. The number of sulfone groups is 1. The Morgan fingerprint density at radius 2 is 2.08 bits per heavy atom. The van der Waals surface area contributed by atoms with Crippen LogP contribution in [0.4, 0.5) is 8.78 Å². The molecule has 0 aliphatic carbocycles. The average molecular weight is 372 g/mol. The maximum atomic E-state index is 12.4. The van der Waals surface area contributed by atoms with Crippen LogP contribution in [0.1, 0.15) is 17.4 Å². The number of rotatable bonds is 5. The molecule has 1 aromatic carbocycles. The zero-order chi connectivity index (χ0) is 18.0. The molecular formula is C15H18F2N4O3S.